The first-order chi connectivity index (χ1) is 12.5. The molecular formula is C21H21BrClNO2. The second-order valence-corrected chi connectivity index (χ2v) is 8.46. The number of methoxy groups -OCH3 is 1. The van der Waals surface area contributed by atoms with E-state index >= 15 is 0 Å². The minimum atomic E-state index is -0.238. The van der Waals surface area contributed by atoms with E-state index < -0.39 is 0 Å². The summed E-state index contributed by atoms with van der Waals surface area (Å²) in [6.45, 7) is 0.589. The number of halogens is 2. The Morgan fingerprint density at radius 3 is 2.50 bits per heavy atom. The van der Waals surface area contributed by atoms with E-state index in [1.54, 1.807) is 7.11 Å². The monoisotopic (exact) mass is 433 g/mol. The Morgan fingerprint density at radius 2 is 1.85 bits per heavy atom. The average Bonchev–Trinajstić information content (AvgIpc) is 2.86. The van der Waals surface area contributed by atoms with Crippen LogP contribution in [0.2, 0.25) is 5.02 Å². The second-order valence-electron chi connectivity index (χ2n) is 7.14. The maximum Gasteiger partial charge on any atom is 0.256 e. The number of hydrogen-bond donors (Lipinski definition) is 0. The molecule has 26 heavy (non-hydrogen) atoms. The van der Waals surface area contributed by atoms with Crippen LogP contribution in [0.15, 0.2) is 40.9 Å². The Bertz CT molecular complexity index is 844. The van der Waals surface area contributed by atoms with Gasteiger partial charge in [-0.05, 0) is 48.2 Å². The van der Waals surface area contributed by atoms with Crippen molar-refractivity contribution in [1.29, 1.82) is 0 Å². The van der Waals surface area contributed by atoms with Crippen molar-refractivity contribution in [2.24, 2.45) is 0 Å². The molecule has 1 fully saturated rings. The number of hydrogen-bond acceptors (Lipinski definition) is 2. The van der Waals surface area contributed by atoms with Crippen molar-refractivity contribution in [3.05, 3.63) is 62.6 Å². The molecule has 2 aliphatic rings. The molecule has 1 aliphatic carbocycles. The number of benzene rings is 2. The maximum atomic E-state index is 13.3. The van der Waals surface area contributed by atoms with Crippen LogP contribution in [0.1, 0.15) is 53.6 Å². The molecule has 1 aliphatic heterocycles. The molecule has 1 heterocycles. The predicted octanol–water partition coefficient (Wildman–Crippen LogP) is 5.93. The van der Waals surface area contributed by atoms with Crippen LogP contribution in [0.25, 0.3) is 0 Å². The minimum Gasteiger partial charge on any atom is -0.497 e. The highest BCUT2D eigenvalue weighted by molar-refractivity contribution is 9.10. The van der Waals surface area contributed by atoms with E-state index in [9.17, 15) is 4.79 Å². The Hall–Kier alpha value is -1.52. The molecule has 2 aromatic carbocycles. The average molecular weight is 435 g/mol. The molecule has 3 nitrogen and oxygen atoms in total. The number of carbonyl (C=O) groups is 1. The highest BCUT2D eigenvalue weighted by Crippen LogP contribution is 2.51. The molecule has 0 saturated heterocycles. The summed E-state index contributed by atoms with van der Waals surface area (Å²) in [6, 6.07) is 11.9. The summed E-state index contributed by atoms with van der Waals surface area (Å²) in [5.74, 6) is 0.874. The summed E-state index contributed by atoms with van der Waals surface area (Å²) in [7, 11) is 1.66. The lowest BCUT2D eigenvalue weighted by atomic mass is 9.76. The molecule has 0 N–H and O–H groups in total. The van der Waals surface area contributed by atoms with Crippen molar-refractivity contribution >= 4 is 33.4 Å². The summed E-state index contributed by atoms with van der Waals surface area (Å²) in [5.41, 5.74) is 2.64. The van der Waals surface area contributed by atoms with Crippen LogP contribution in [-0.2, 0) is 12.1 Å². The number of fused-ring (bicyclic) bond motifs is 2. The van der Waals surface area contributed by atoms with Crippen LogP contribution in [-0.4, -0.2) is 17.9 Å². The van der Waals surface area contributed by atoms with Crippen molar-refractivity contribution in [3.8, 4) is 5.75 Å². The lowest BCUT2D eigenvalue weighted by Gasteiger charge is -2.42. The first-order valence-electron chi connectivity index (χ1n) is 8.99. The van der Waals surface area contributed by atoms with Crippen molar-refractivity contribution in [2.75, 3.05) is 7.11 Å². The Kier molecular flexibility index (Phi) is 4.74. The highest BCUT2D eigenvalue weighted by Gasteiger charge is 2.50. The predicted molar refractivity (Wildman–Crippen MR) is 107 cm³/mol. The zero-order valence-electron chi connectivity index (χ0n) is 14.7. The summed E-state index contributed by atoms with van der Waals surface area (Å²) < 4.78 is 6.18. The van der Waals surface area contributed by atoms with Gasteiger partial charge < -0.3 is 9.64 Å². The zero-order valence-corrected chi connectivity index (χ0v) is 17.1. The molecule has 0 atom stereocenters. The largest absolute Gasteiger partial charge is 0.497 e. The van der Waals surface area contributed by atoms with E-state index in [0.29, 0.717) is 17.1 Å². The standard InChI is InChI=1S/C21H21BrClNO2/c1-26-16-7-5-14(6-8-16)13-24-20(25)19-17(11-15(22)12-18(19)23)21(24)9-3-2-4-10-21/h5-8,11-12H,2-4,9-10,13H2,1H3. The van der Waals surface area contributed by atoms with Gasteiger partial charge in [0.05, 0.1) is 23.2 Å². The van der Waals surface area contributed by atoms with Crippen molar-refractivity contribution < 1.29 is 9.53 Å². The third kappa shape index (κ3) is 2.84. The van der Waals surface area contributed by atoms with Gasteiger partial charge in [-0.2, -0.15) is 0 Å². The summed E-state index contributed by atoms with van der Waals surface area (Å²) in [5, 5.41) is 0.543. The molecule has 0 bridgehead atoms. The van der Waals surface area contributed by atoms with Crippen molar-refractivity contribution in [1.82, 2.24) is 4.90 Å². The van der Waals surface area contributed by atoms with E-state index in [4.69, 9.17) is 16.3 Å². The van der Waals surface area contributed by atoms with Gasteiger partial charge in [0.15, 0.2) is 0 Å². The molecule has 1 amide bonds. The quantitative estimate of drug-likeness (QED) is 0.599. The molecule has 2 aromatic rings. The number of carbonyl (C=O) groups excluding carboxylic acids is 1. The van der Waals surface area contributed by atoms with Gasteiger partial charge in [-0.1, -0.05) is 58.9 Å². The Morgan fingerprint density at radius 1 is 1.15 bits per heavy atom. The minimum absolute atomic E-state index is 0.0511. The van der Waals surface area contributed by atoms with E-state index in [-0.39, 0.29) is 11.4 Å². The molecule has 0 unspecified atom stereocenters. The van der Waals surface area contributed by atoms with E-state index in [0.717, 1.165) is 47.0 Å². The van der Waals surface area contributed by atoms with Crippen molar-refractivity contribution in [3.63, 3.8) is 0 Å². The fraction of sp³-hybridized carbons (Fsp3) is 0.381. The number of amides is 1. The van der Waals surface area contributed by atoms with Crippen LogP contribution in [0.4, 0.5) is 0 Å². The van der Waals surface area contributed by atoms with Gasteiger partial charge in [-0.3, -0.25) is 4.79 Å². The van der Waals surface area contributed by atoms with Crippen LogP contribution < -0.4 is 4.74 Å². The molecule has 4 rings (SSSR count). The smallest absolute Gasteiger partial charge is 0.256 e. The molecule has 5 heteroatoms. The van der Waals surface area contributed by atoms with Gasteiger partial charge in [-0.25, -0.2) is 0 Å². The van der Waals surface area contributed by atoms with Crippen LogP contribution in [0.5, 0.6) is 5.75 Å². The molecular weight excluding hydrogens is 414 g/mol. The van der Waals surface area contributed by atoms with Gasteiger partial charge in [0.25, 0.3) is 5.91 Å². The van der Waals surface area contributed by atoms with E-state index in [2.05, 4.69) is 26.9 Å². The normalized spacial score (nSPS) is 18.3. The third-order valence-electron chi connectivity index (χ3n) is 5.71. The van der Waals surface area contributed by atoms with Gasteiger partial charge in [0, 0.05) is 11.0 Å². The number of ether oxygens (including phenoxy) is 1. The fourth-order valence-electron chi connectivity index (χ4n) is 4.45. The van der Waals surface area contributed by atoms with E-state index in [1.807, 2.05) is 30.3 Å². The van der Waals surface area contributed by atoms with Crippen molar-refractivity contribution in [2.45, 2.75) is 44.2 Å². The molecule has 1 spiro atoms. The lowest BCUT2D eigenvalue weighted by Crippen LogP contribution is -2.44. The Labute approximate surface area is 167 Å². The lowest BCUT2D eigenvalue weighted by molar-refractivity contribution is 0.0387. The third-order valence-corrected chi connectivity index (χ3v) is 6.47. The fourth-order valence-corrected chi connectivity index (χ4v) is 5.34. The van der Waals surface area contributed by atoms with Gasteiger partial charge >= 0.3 is 0 Å². The second kappa shape index (κ2) is 6.90. The topological polar surface area (TPSA) is 29.5 Å². The molecule has 0 aromatic heterocycles. The van der Waals surface area contributed by atoms with Crippen LogP contribution >= 0.6 is 27.5 Å². The summed E-state index contributed by atoms with van der Waals surface area (Å²) in [6.07, 6.45) is 5.48. The zero-order chi connectivity index (χ0) is 18.3. The SMILES string of the molecule is COc1ccc(CN2C(=O)c3c(Cl)cc(Br)cc3C23CCCCC3)cc1. The van der Waals surface area contributed by atoms with Gasteiger partial charge in [-0.15, -0.1) is 0 Å². The molecule has 136 valence electrons. The number of rotatable bonds is 3. The summed E-state index contributed by atoms with van der Waals surface area (Å²) in [4.78, 5) is 15.4. The van der Waals surface area contributed by atoms with Gasteiger partial charge in [0.1, 0.15) is 5.75 Å². The molecule has 1 saturated carbocycles. The van der Waals surface area contributed by atoms with Gasteiger partial charge in [0.2, 0.25) is 0 Å². The first-order valence-corrected chi connectivity index (χ1v) is 10.2. The van der Waals surface area contributed by atoms with Crippen LogP contribution in [0, 0.1) is 0 Å². The van der Waals surface area contributed by atoms with Crippen LogP contribution in [0.3, 0.4) is 0 Å². The summed E-state index contributed by atoms with van der Waals surface area (Å²) >= 11 is 10.0. The Balaban J connectivity index is 1.77. The maximum absolute atomic E-state index is 13.3. The van der Waals surface area contributed by atoms with E-state index in [1.165, 1.54) is 6.42 Å². The molecule has 0 radical (unpaired) electrons. The first kappa shape index (κ1) is 17.9. The highest BCUT2D eigenvalue weighted by atomic mass is 79.9. The number of nitrogens with zero attached hydrogens (tertiary/aromatic N) is 1.